The van der Waals surface area contributed by atoms with E-state index >= 15 is 0 Å². The van der Waals surface area contributed by atoms with Gasteiger partial charge >= 0.3 is 5.97 Å². The van der Waals surface area contributed by atoms with Crippen molar-refractivity contribution in [2.45, 2.75) is 6.42 Å². The molecule has 1 aromatic rings. The van der Waals surface area contributed by atoms with E-state index in [0.29, 0.717) is 0 Å². The molecule has 0 saturated carbocycles. The molecule has 1 rings (SSSR count). The molecule has 0 unspecified atom stereocenters. The zero-order valence-corrected chi connectivity index (χ0v) is 8.51. The van der Waals surface area contributed by atoms with Gasteiger partial charge in [-0.15, -0.1) is 0 Å². The number of anilines is 1. The number of benzene rings is 1. The predicted molar refractivity (Wildman–Crippen MR) is 54.3 cm³/mol. The van der Waals surface area contributed by atoms with E-state index in [-0.39, 0.29) is 17.7 Å². The van der Waals surface area contributed by atoms with E-state index < -0.39 is 17.6 Å². The summed E-state index contributed by atoms with van der Waals surface area (Å²) in [6, 6.07) is 1.73. The van der Waals surface area contributed by atoms with Gasteiger partial charge < -0.3 is 10.5 Å². The molecule has 0 heterocycles. The molecule has 0 aliphatic rings. The third-order valence-corrected chi connectivity index (χ3v) is 1.77. The van der Waals surface area contributed by atoms with Crippen LogP contribution in [0.2, 0.25) is 0 Å². The molecule has 0 aliphatic heterocycles. The van der Waals surface area contributed by atoms with Gasteiger partial charge in [-0.1, -0.05) is 11.8 Å². The van der Waals surface area contributed by atoms with Crippen LogP contribution in [0.1, 0.15) is 12.0 Å². The highest BCUT2D eigenvalue weighted by atomic mass is 19.1. The van der Waals surface area contributed by atoms with Gasteiger partial charge in [0, 0.05) is 6.07 Å². The standard InChI is InChI=1S/C11H9F2NO2/c1-16-11(15)4-2-3-7-5-9(13)10(14)6-8(7)12/h5-6H,4,14H2,1H3. The number of esters is 1. The maximum absolute atomic E-state index is 13.2. The minimum absolute atomic E-state index is 0.143. The number of nitrogens with two attached hydrogens (primary N) is 1. The van der Waals surface area contributed by atoms with Crippen molar-refractivity contribution >= 4 is 11.7 Å². The Morgan fingerprint density at radius 1 is 1.44 bits per heavy atom. The second-order valence-corrected chi connectivity index (χ2v) is 2.91. The molecule has 0 fully saturated rings. The average Bonchev–Trinajstić information content (AvgIpc) is 2.25. The zero-order chi connectivity index (χ0) is 12.1. The van der Waals surface area contributed by atoms with Crippen molar-refractivity contribution in [3.63, 3.8) is 0 Å². The highest BCUT2D eigenvalue weighted by molar-refractivity contribution is 5.72. The largest absolute Gasteiger partial charge is 0.468 e. The third-order valence-electron chi connectivity index (χ3n) is 1.77. The van der Waals surface area contributed by atoms with E-state index in [2.05, 4.69) is 16.6 Å². The molecule has 5 heteroatoms. The Labute approximate surface area is 91.2 Å². The minimum Gasteiger partial charge on any atom is -0.468 e. The lowest BCUT2D eigenvalue weighted by Crippen LogP contribution is -1.98. The molecule has 0 bridgehead atoms. The van der Waals surface area contributed by atoms with Crippen molar-refractivity contribution in [2.75, 3.05) is 12.8 Å². The van der Waals surface area contributed by atoms with E-state index in [1.54, 1.807) is 0 Å². The number of hydrogen-bond acceptors (Lipinski definition) is 3. The zero-order valence-electron chi connectivity index (χ0n) is 8.51. The number of methoxy groups -OCH3 is 1. The Morgan fingerprint density at radius 3 is 2.75 bits per heavy atom. The fraction of sp³-hybridized carbons (Fsp3) is 0.182. The number of nitrogen functional groups attached to an aromatic ring is 1. The lowest BCUT2D eigenvalue weighted by molar-refractivity contribution is -0.139. The summed E-state index contributed by atoms with van der Waals surface area (Å²) in [5.41, 5.74) is 4.73. The lowest BCUT2D eigenvalue weighted by Gasteiger charge is -1.98. The summed E-state index contributed by atoms with van der Waals surface area (Å²) >= 11 is 0. The van der Waals surface area contributed by atoms with Crippen LogP contribution in [0.5, 0.6) is 0 Å². The minimum atomic E-state index is -0.747. The summed E-state index contributed by atoms with van der Waals surface area (Å²) < 4.78 is 30.5. The van der Waals surface area contributed by atoms with Crippen molar-refractivity contribution in [2.24, 2.45) is 0 Å². The van der Waals surface area contributed by atoms with Crippen LogP contribution in [0.3, 0.4) is 0 Å². The lowest BCUT2D eigenvalue weighted by atomic mass is 10.2. The fourth-order valence-corrected chi connectivity index (χ4v) is 0.942. The van der Waals surface area contributed by atoms with E-state index in [4.69, 9.17) is 5.73 Å². The van der Waals surface area contributed by atoms with E-state index in [1.807, 2.05) is 0 Å². The molecular weight excluding hydrogens is 216 g/mol. The first-order valence-electron chi connectivity index (χ1n) is 4.34. The summed E-state index contributed by atoms with van der Waals surface area (Å²) in [5, 5.41) is 0. The molecule has 1 aromatic carbocycles. The molecule has 0 radical (unpaired) electrons. The maximum Gasteiger partial charge on any atom is 0.317 e. The second-order valence-electron chi connectivity index (χ2n) is 2.91. The molecule has 0 spiro atoms. The molecule has 2 N–H and O–H groups in total. The Bertz CT molecular complexity index is 475. The molecule has 0 atom stereocenters. The van der Waals surface area contributed by atoms with Crippen LogP contribution >= 0.6 is 0 Å². The molecule has 84 valence electrons. The van der Waals surface area contributed by atoms with E-state index in [1.165, 1.54) is 7.11 Å². The van der Waals surface area contributed by atoms with Crippen molar-refractivity contribution in [1.82, 2.24) is 0 Å². The SMILES string of the molecule is COC(=O)CC#Cc1cc(F)c(N)cc1F. The monoisotopic (exact) mass is 225 g/mol. The first kappa shape index (κ1) is 12.0. The van der Waals surface area contributed by atoms with Crippen LogP contribution in [-0.2, 0) is 9.53 Å². The summed E-state index contributed by atoms with van der Waals surface area (Å²) in [4.78, 5) is 10.7. The highest BCUT2D eigenvalue weighted by Crippen LogP contribution is 2.15. The fourth-order valence-electron chi connectivity index (χ4n) is 0.942. The van der Waals surface area contributed by atoms with Gasteiger partial charge in [0.25, 0.3) is 0 Å². The van der Waals surface area contributed by atoms with Crippen molar-refractivity contribution in [1.29, 1.82) is 0 Å². The maximum atomic E-state index is 13.2. The topological polar surface area (TPSA) is 52.3 Å². The van der Waals surface area contributed by atoms with Gasteiger partial charge in [0.1, 0.15) is 18.1 Å². The first-order valence-corrected chi connectivity index (χ1v) is 4.34. The molecule has 16 heavy (non-hydrogen) atoms. The molecule has 0 amide bonds. The van der Waals surface area contributed by atoms with Gasteiger partial charge in [-0.25, -0.2) is 8.78 Å². The summed E-state index contributed by atoms with van der Waals surface area (Å²) in [6.07, 6.45) is -0.179. The van der Waals surface area contributed by atoms with E-state index in [0.717, 1.165) is 12.1 Å². The quantitative estimate of drug-likeness (QED) is 0.447. The average molecular weight is 225 g/mol. The number of carbonyl (C=O) groups is 1. The normalized spacial score (nSPS) is 9.19. The highest BCUT2D eigenvalue weighted by Gasteiger charge is 2.05. The number of rotatable bonds is 1. The van der Waals surface area contributed by atoms with Crippen LogP contribution in [-0.4, -0.2) is 13.1 Å². The van der Waals surface area contributed by atoms with Crippen LogP contribution in [0.25, 0.3) is 0 Å². The summed E-state index contributed by atoms with van der Waals surface area (Å²) in [5.74, 6) is 2.68. The smallest absolute Gasteiger partial charge is 0.317 e. The Morgan fingerprint density at radius 2 is 2.12 bits per heavy atom. The van der Waals surface area contributed by atoms with Crippen LogP contribution in [0, 0.1) is 23.5 Å². The third kappa shape index (κ3) is 2.95. The number of halogens is 2. The molecule has 0 aromatic heterocycles. The van der Waals surface area contributed by atoms with Crippen molar-refractivity contribution in [3.8, 4) is 11.8 Å². The van der Waals surface area contributed by atoms with Gasteiger partial charge in [0.2, 0.25) is 0 Å². The molecule has 0 saturated heterocycles. The van der Waals surface area contributed by atoms with Crippen LogP contribution in [0.4, 0.5) is 14.5 Å². The first-order chi connectivity index (χ1) is 7.54. The van der Waals surface area contributed by atoms with Crippen molar-refractivity contribution < 1.29 is 18.3 Å². The molecular formula is C11H9F2NO2. The Kier molecular flexibility index (Phi) is 3.84. The predicted octanol–water partition coefficient (Wildman–Crippen LogP) is 1.46. The van der Waals surface area contributed by atoms with E-state index in [9.17, 15) is 13.6 Å². The number of carbonyl (C=O) groups excluding carboxylic acids is 1. The summed E-state index contributed by atoms with van der Waals surface area (Å²) in [6.45, 7) is 0. The molecule has 3 nitrogen and oxygen atoms in total. The second kappa shape index (κ2) is 5.12. The van der Waals surface area contributed by atoms with Gasteiger partial charge in [-0.3, -0.25) is 4.79 Å². The Balaban J connectivity index is 2.89. The summed E-state index contributed by atoms with van der Waals surface area (Å²) in [7, 11) is 1.22. The van der Waals surface area contributed by atoms with Gasteiger partial charge in [0.05, 0.1) is 18.4 Å². The molecule has 0 aliphatic carbocycles. The van der Waals surface area contributed by atoms with Gasteiger partial charge in [0.15, 0.2) is 0 Å². The Hall–Kier alpha value is -2.09. The van der Waals surface area contributed by atoms with Crippen LogP contribution < -0.4 is 5.73 Å². The van der Waals surface area contributed by atoms with Gasteiger partial charge in [-0.2, -0.15) is 0 Å². The van der Waals surface area contributed by atoms with Gasteiger partial charge in [-0.05, 0) is 6.07 Å². The number of ether oxygens (including phenoxy) is 1. The number of hydrogen-bond donors (Lipinski definition) is 1. The van der Waals surface area contributed by atoms with Crippen LogP contribution in [0.15, 0.2) is 12.1 Å². The van der Waals surface area contributed by atoms with Crippen molar-refractivity contribution in [3.05, 3.63) is 29.3 Å².